The molecule has 1 amide bonds. The number of ether oxygens (including phenoxy) is 1. The Morgan fingerprint density at radius 3 is 3.08 bits per heavy atom. The lowest BCUT2D eigenvalue weighted by molar-refractivity contribution is -0.116. The Kier molecular flexibility index (Phi) is 4.59. The summed E-state index contributed by atoms with van der Waals surface area (Å²) in [5.41, 5.74) is 2.11. The van der Waals surface area contributed by atoms with Gasteiger partial charge < -0.3 is 4.74 Å². The second kappa shape index (κ2) is 7.35. The van der Waals surface area contributed by atoms with E-state index in [1.165, 1.54) is 0 Å². The number of pyridine rings is 1. The van der Waals surface area contributed by atoms with Crippen molar-refractivity contribution >= 4 is 11.9 Å². The number of para-hydroxylation sites is 1. The molecule has 1 atom stereocenters. The molecule has 2 aromatic heterocycles. The van der Waals surface area contributed by atoms with E-state index in [0.717, 1.165) is 23.3 Å². The SMILES string of the molecule is O=C(C[C@H]1CCOc2ccccc21)Nc1ncn(Cc2cccnc2)n1. The molecule has 0 aliphatic carbocycles. The number of benzene rings is 1. The molecule has 0 fully saturated rings. The summed E-state index contributed by atoms with van der Waals surface area (Å²) in [7, 11) is 0. The second-order valence-electron chi connectivity index (χ2n) is 6.25. The number of nitrogens with one attached hydrogen (secondary N) is 1. The average molecular weight is 349 g/mol. The molecule has 1 aromatic carbocycles. The molecule has 132 valence electrons. The van der Waals surface area contributed by atoms with Crippen molar-refractivity contribution in [1.29, 1.82) is 0 Å². The molecule has 3 heterocycles. The molecular weight excluding hydrogens is 330 g/mol. The maximum atomic E-state index is 12.4. The lowest BCUT2D eigenvalue weighted by Gasteiger charge is -2.25. The molecule has 0 saturated heterocycles. The standard InChI is InChI=1S/C19H19N5O2/c25-18(10-15-7-9-26-17-6-2-1-5-16(15)17)22-19-21-13-24(23-19)12-14-4-3-8-20-11-14/h1-6,8,11,13,15H,7,9-10,12H2,(H,22,23,25)/t15-/m1/s1. The number of carbonyl (C=O) groups is 1. The first-order chi connectivity index (χ1) is 12.8. The van der Waals surface area contributed by atoms with Crippen molar-refractivity contribution in [2.75, 3.05) is 11.9 Å². The Bertz CT molecular complexity index is 894. The zero-order chi connectivity index (χ0) is 17.8. The van der Waals surface area contributed by atoms with Crippen molar-refractivity contribution in [2.24, 2.45) is 0 Å². The molecule has 0 radical (unpaired) electrons. The fourth-order valence-electron chi connectivity index (χ4n) is 3.13. The molecule has 0 unspecified atom stereocenters. The van der Waals surface area contributed by atoms with E-state index in [-0.39, 0.29) is 11.8 Å². The third-order valence-electron chi connectivity index (χ3n) is 4.37. The van der Waals surface area contributed by atoms with Gasteiger partial charge in [-0.3, -0.25) is 15.1 Å². The molecule has 1 N–H and O–H groups in total. The van der Waals surface area contributed by atoms with Crippen LogP contribution in [0.15, 0.2) is 55.1 Å². The van der Waals surface area contributed by atoms with Crippen molar-refractivity contribution in [3.8, 4) is 5.75 Å². The molecule has 4 rings (SSSR count). The summed E-state index contributed by atoms with van der Waals surface area (Å²) >= 11 is 0. The largest absolute Gasteiger partial charge is 0.493 e. The summed E-state index contributed by atoms with van der Waals surface area (Å²) in [5, 5.41) is 7.09. The Hall–Kier alpha value is -3.22. The predicted octanol–water partition coefficient (Wildman–Crippen LogP) is 2.62. The first kappa shape index (κ1) is 16.3. The molecule has 7 heteroatoms. The van der Waals surface area contributed by atoms with Crippen LogP contribution in [0.5, 0.6) is 5.75 Å². The third-order valence-corrected chi connectivity index (χ3v) is 4.37. The summed E-state index contributed by atoms with van der Waals surface area (Å²) in [6.07, 6.45) is 6.32. The van der Waals surface area contributed by atoms with E-state index >= 15 is 0 Å². The molecule has 26 heavy (non-hydrogen) atoms. The Morgan fingerprint density at radius 1 is 1.27 bits per heavy atom. The summed E-state index contributed by atoms with van der Waals surface area (Å²) in [6, 6.07) is 11.7. The van der Waals surface area contributed by atoms with Crippen LogP contribution in [0.3, 0.4) is 0 Å². The van der Waals surface area contributed by atoms with Crippen LogP contribution < -0.4 is 10.1 Å². The summed E-state index contributed by atoms with van der Waals surface area (Å²) < 4.78 is 7.33. The molecule has 0 bridgehead atoms. The number of carbonyl (C=O) groups excluding carboxylic acids is 1. The third kappa shape index (κ3) is 3.72. The minimum absolute atomic E-state index is 0.0918. The van der Waals surface area contributed by atoms with Crippen LogP contribution in [0.25, 0.3) is 0 Å². The van der Waals surface area contributed by atoms with Gasteiger partial charge in [0.05, 0.1) is 13.2 Å². The fraction of sp³-hybridized carbons (Fsp3) is 0.263. The Morgan fingerprint density at radius 2 is 2.19 bits per heavy atom. The van der Waals surface area contributed by atoms with Gasteiger partial charge in [0.15, 0.2) is 0 Å². The number of hydrogen-bond acceptors (Lipinski definition) is 5. The number of aromatic nitrogens is 4. The van der Waals surface area contributed by atoms with Gasteiger partial charge in [-0.1, -0.05) is 24.3 Å². The zero-order valence-corrected chi connectivity index (χ0v) is 14.2. The number of hydrogen-bond donors (Lipinski definition) is 1. The Labute approximate surface area is 151 Å². The van der Waals surface area contributed by atoms with Crippen LogP contribution in [0, 0.1) is 0 Å². The molecule has 3 aromatic rings. The highest BCUT2D eigenvalue weighted by Crippen LogP contribution is 2.35. The van der Waals surface area contributed by atoms with Gasteiger partial charge in [-0.2, -0.15) is 0 Å². The normalized spacial score (nSPS) is 15.8. The van der Waals surface area contributed by atoms with Crippen molar-refractivity contribution in [3.63, 3.8) is 0 Å². The molecular formula is C19H19N5O2. The Balaban J connectivity index is 1.37. The van der Waals surface area contributed by atoms with Crippen molar-refractivity contribution in [3.05, 3.63) is 66.2 Å². The number of anilines is 1. The van der Waals surface area contributed by atoms with Gasteiger partial charge in [0.2, 0.25) is 11.9 Å². The van der Waals surface area contributed by atoms with Crippen LogP contribution in [-0.4, -0.2) is 32.3 Å². The zero-order valence-electron chi connectivity index (χ0n) is 14.2. The lowest BCUT2D eigenvalue weighted by atomic mass is 9.90. The van der Waals surface area contributed by atoms with E-state index in [1.54, 1.807) is 23.4 Å². The molecule has 0 saturated carbocycles. The van der Waals surface area contributed by atoms with Crippen molar-refractivity contribution in [2.45, 2.75) is 25.3 Å². The topological polar surface area (TPSA) is 81.9 Å². The van der Waals surface area contributed by atoms with Gasteiger partial charge >= 0.3 is 0 Å². The molecule has 7 nitrogen and oxygen atoms in total. The first-order valence-electron chi connectivity index (χ1n) is 8.58. The first-order valence-corrected chi connectivity index (χ1v) is 8.58. The van der Waals surface area contributed by atoms with Gasteiger partial charge in [-0.25, -0.2) is 9.67 Å². The summed E-state index contributed by atoms with van der Waals surface area (Å²) in [5.74, 6) is 1.25. The monoisotopic (exact) mass is 349 g/mol. The lowest BCUT2D eigenvalue weighted by Crippen LogP contribution is -2.21. The van der Waals surface area contributed by atoms with Crippen molar-refractivity contribution in [1.82, 2.24) is 19.7 Å². The van der Waals surface area contributed by atoms with Crippen LogP contribution in [0.2, 0.25) is 0 Å². The van der Waals surface area contributed by atoms with Crippen LogP contribution >= 0.6 is 0 Å². The van der Waals surface area contributed by atoms with Crippen LogP contribution in [0.1, 0.15) is 29.9 Å². The summed E-state index contributed by atoms with van der Waals surface area (Å²) in [6.45, 7) is 1.19. The van der Waals surface area contributed by atoms with E-state index in [1.807, 2.05) is 36.4 Å². The minimum Gasteiger partial charge on any atom is -0.493 e. The minimum atomic E-state index is -0.0918. The van der Waals surface area contributed by atoms with E-state index in [0.29, 0.717) is 25.5 Å². The smallest absolute Gasteiger partial charge is 0.248 e. The van der Waals surface area contributed by atoms with Gasteiger partial charge in [0.25, 0.3) is 0 Å². The highest BCUT2D eigenvalue weighted by atomic mass is 16.5. The highest BCUT2D eigenvalue weighted by Gasteiger charge is 2.23. The van der Waals surface area contributed by atoms with Crippen LogP contribution in [-0.2, 0) is 11.3 Å². The molecule has 1 aliphatic heterocycles. The predicted molar refractivity (Wildman–Crippen MR) is 95.9 cm³/mol. The summed E-state index contributed by atoms with van der Waals surface area (Å²) in [4.78, 5) is 20.6. The number of rotatable bonds is 5. The number of nitrogens with zero attached hydrogens (tertiary/aromatic N) is 4. The molecule has 1 aliphatic rings. The van der Waals surface area contributed by atoms with Gasteiger partial charge in [-0.05, 0) is 35.6 Å². The highest BCUT2D eigenvalue weighted by molar-refractivity contribution is 5.89. The van der Waals surface area contributed by atoms with Gasteiger partial charge in [0, 0.05) is 18.8 Å². The maximum absolute atomic E-state index is 12.4. The second-order valence-corrected chi connectivity index (χ2v) is 6.25. The number of amides is 1. The maximum Gasteiger partial charge on any atom is 0.248 e. The van der Waals surface area contributed by atoms with Crippen LogP contribution in [0.4, 0.5) is 5.95 Å². The molecule has 0 spiro atoms. The van der Waals surface area contributed by atoms with E-state index in [2.05, 4.69) is 20.4 Å². The fourth-order valence-corrected chi connectivity index (χ4v) is 3.13. The van der Waals surface area contributed by atoms with E-state index in [9.17, 15) is 4.79 Å². The quantitative estimate of drug-likeness (QED) is 0.766. The van der Waals surface area contributed by atoms with Gasteiger partial charge in [-0.15, -0.1) is 5.10 Å². The average Bonchev–Trinajstić information content (AvgIpc) is 3.09. The van der Waals surface area contributed by atoms with Gasteiger partial charge in [0.1, 0.15) is 12.1 Å². The van der Waals surface area contributed by atoms with E-state index in [4.69, 9.17) is 4.74 Å². The van der Waals surface area contributed by atoms with E-state index < -0.39 is 0 Å². The number of fused-ring (bicyclic) bond motifs is 1. The van der Waals surface area contributed by atoms with Crippen molar-refractivity contribution < 1.29 is 9.53 Å².